The highest BCUT2D eigenvalue weighted by molar-refractivity contribution is 5.96. The van der Waals surface area contributed by atoms with Gasteiger partial charge in [0.1, 0.15) is 0 Å². The van der Waals surface area contributed by atoms with E-state index in [1.807, 2.05) is 54.6 Å². The van der Waals surface area contributed by atoms with Crippen molar-refractivity contribution < 1.29 is 14.7 Å². The standard InChI is InChI=1S/C20H21NO3/c1-20(19(23)24)11-12-21(14-20)18(22)17-10-6-5-9-16(17)13-15-7-3-2-4-8-15/h2-10H,11-14H2,1H3,(H,23,24). The zero-order valence-electron chi connectivity index (χ0n) is 13.7. The monoisotopic (exact) mass is 323 g/mol. The van der Waals surface area contributed by atoms with Crippen LogP contribution >= 0.6 is 0 Å². The minimum absolute atomic E-state index is 0.0773. The smallest absolute Gasteiger partial charge is 0.311 e. The van der Waals surface area contributed by atoms with Crippen LogP contribution < -0.4 is 0 Å². The lowest BCUT2D eigenvalue weighted by molar-refractivity contribution is -0.147. The van der Waals surface area contributed by atoms with Crippen molar-refractivity contribution in [1.29, 1.82) is 0 Å². The summed E-state index contributed by atoms with van der Waals surface area (Å²) in [5, 5.41) is 9.35. The van der Waals surface area contributed by atoms with Gasteiger partial charge in [-0.2, -0.15) is 0 Å². The van der Waals surface area contributed by atoms with E-state index in [-0.39, 0.29) is 12.5 Å². The van der Waals surface area contributed by atoms with Gasteiger partial charge in [-0.25, -0.2) is 0 Å². The van der Waals surface area contributed by atoms with Gasteiger partial charge in [-0.3, -0.25) is 9.59 Å². The van der Waals surface area contributed by atoms with Crippen LogP contribution in [0.3, 0.4) is 0 Å². The molecule has 1 fully saturated rings. The summed E-state index contributed by atoms with van der Waals surface area (Å²) in [4.78, 5) is 26.0. The average molecular weight is 323 g/mol. The molecule has 4 nitrogen and oxygen atoms in total. The molecule has 1 aliphatic rings. The van der Waals surface area contributed by atoms with E-state index in [2.05, 4.69) is 0 Å². The van der Waals surface area contributed by atoms with E-state index >= 15 is 0 Å². The molecule has 24 heavy (non-hydrogen) atoms. The Hall–Kier alpha value is -2.62. The minimum atomic E-state index is -0.843. The molecule has 0 bridgehead atoms. The third-order valence-corrected chi connectivity index (χ3v) is 4.76. The van der Waals surface area contributed by atoms with Gasteiger partial charge in [-0.1, -0.05) is 48.5 Å². The Balaban J connectivity index is 1.82. The molecule has 1 saturated heterocycles. The first-order chi connectivity index (χ1) is 11.5. The van der Waals surface area contributed by atoms with Crippen molar-refractivity contribution in [1.82, 2.24) is 4.90 Å². The number of rotatable bonds is 4. The predicted octanol–water partition coefficient (Wildman–Crippen LogP) is 3.21. The predicted molar refractivity (Wildman–Crippen MR) is 92.0 cm³/mol. The number of hydrogen-bond acceptors (Lipinski definition) is 2. The van der Waals surface area contributed by atoms with Crippen molar-refractivity contribution >= 4 is 11.9 Å². The molecular weight excluding hydrogens is 302 g/mol. The van der Waals surface area contributed by atoms with Crippen LogP contribution in [0.5, 0.6) is 0 Å². The summed E-state index contributed by atoms with van der Waals surface area (Å²) in [6.45, 7) is 2.46. The van der Waals surface area contributed by atoms with Crippen LogP contribution in [0, 0.1) is 5.41 Å². The van der Waals surface area contributed by atoms with Gasteiger partial charge in [0.15, 0.2) is 0 Å². The molecule has 0 saturated carbocycles. The number of carboxylic acid groups (broad SMARTS) is 1. The number of hydrogen-bond donors (Lipinski definition) is 1. The topological polar surface area (TPSA) is 57.6 Å². The van der Waals surface area contributed by atoms with Crippen molar-refractivity contribution in [2.75, 3.05) is 13.1 Å². The maximum absolute atomic E-state index is 12.9. The highest BCUT2D eigenvalue weighted by Crippen LogP contribution is 2.31. The van der Waals surface area contributed by atoms with Gasteiger partial charge in [0.2, 0.25) is 0 Å². The minimum Gasteiger partial charge on any atom is -0.481 e. The van der Waals surface area contributed by atoms with E-state index in [1.54, 1.807) is 11.8 Å². The Morgan fingerprint density at radius 3 is 2.42 bits per heavy atom. The molecule has 4 heteroatoms. The summed E-state index contributed by atoms with van der Waals surface area (Å²) >= 11 is 0. The second kappa shape index (κ2) is 6.48. The Morgan fingerprint density at radius 2 is 1.75 bits per heavy atom. The SMILES string of the molecule is CC1(C(=O)O)CCN(C(=O)c2ccccc2Cc2ccccc2)C1. The van der Waals surface area contributed by atoms with Crippen LogP contribution in [0.1, 0.15) is 34.8 Å². The maximum atomic E-state index is 12.9. The molecular formula is C20H21NO3. The van der Waals surface area contributed by atoms with Gasteiger partial charge in [0.25, 0.3) is 5.91 Å². The summed E-state index contributed by atoms with van der Waals surface area (Å²) in [6, 6.07) is 17.6. The molecule has 1 N–H and O–H groups in total. The molecule has 1 unspecified atom stereocenters. The number of amides is 1. The van der Waals surface area contributed by atoms with E-state index in [9.17, 15) is 14.7 Å². The van der Waals surface area contributed by atoms with Crippen LogP contribution in [0.15, 0.2) is 54.6 Å². The number of carbonyl (C=O) groups is 2. The molecule has 1 amide bonds. The summed E-state index contributed by atoms with van der Waals surface area (Å²) < 4.78 is 0. The van der Waals surface area contributed by atoms with Crippen LogP contribution in [-0.4, -0.2) is 35.0 Å². The van der Waals surface area contributed by atoms with E-state index < -0.39 is 11.4 Å². The maximum Gasteiger partial charge on any atom is 0.311 e. The first-order valence-corrected chi connectivity index (χ1v) is 8.14. The first-order valence-electron chi connectivity index (χ1n) is 8.14. The lowest BCUT2D eigenvalue weighted by atomic mass is 9.90. The zero-order valence-corrected chi connectivity index (χ0v) is 13.7. The van der Waals surface area contributed by atoms with E-state index in [0.29, 0.717) is 24.9 Å². The molecule has 1 heterocycles. The van der Waals surface area contributed by atoms with Crippen LogP contribution in [0.2, 0.25) is 0 Å². The summed E-state index contributed by atoms with van der Waals surface area (Å²) in [6.07, 6.45) is 1.18. The molecule has 1 atom stereocenters. The largest absolute Gasteiger partial charge is 0.481 e. The fourth-order valence-electron chi connectivity index (χ4n) is 3.18. The van der Waals surface area contributed by atoms with Gasteiger partial charge >= 0.3 is 5.97 Å². The normalized spacial score (nSPS) is 20.1. The fourth-order valence-corrected chi connectivity index (χ4v) is 3.18. The van der Waals surface area contributed by atoms with Gasteiger partial charge in [0.05, 0.1) is 5.41 Å². The summed E-state index contributed by atoms with van der Waals surface area (Å²) in [5.74, 6) is -0.915. The van der Waals surface area contributed by atoms with Crippen molar-refractivity contribution in [3.05, 3.63) is 71.3 Å². The molecule has 2 aromatic rings. The molecule has 1 aliphatic heterocycles. The number of carbonyl (C=O) groups excluding carboxylic acids is 1. The molecule has 0 radical (unpaired) electrons. The Labute approximate surface area is 141 Å². The van der Waals surface area contributed by atoms with Crippen LogP contribution in [-0.2, 0) is 11.2 Å². The lowest BCUT2D eigenvalue weighted by Gasteiger charge is -2.21. The Bertz CT molecular complexity index is 756. The number of carboxylic acids is 1. The first kappa shape index (κ1) is 16.2. The molecule has 124 valence electrons. The van der Waals surface area contributed by atoms with Gasteiger partial charge < -0.3 is 10.0 Å². The molecule has 0 aromatic heterocycles. The lowest BCUT2D eigenvalue weighted by Crippen LogP contribution is -2.35. The van der Waals surface area contributed by atoms with Gasteiger partial charge in [0, 0.05) is 18.7 Å². The van der Waals surface area contributed by atoms with Crippen LogP contribution in [0.4, 0.5) is 0 Å². The fraction of sp³-hybridized carbons (Fsp3) is 0.300. The van der Waals surface area contributed by atoms with Gasteiger partial charge in [-0.05, 0) is 37.0 Å². The quantitative estimate of drug-likeness (QED) is 0.940. The zero-order chi connectivity index (χ0) is 17.2. The molecule has 0 spiro atoms. The highest BCUT2D eigenvalue weighted by Gasteiger charge is 2.42. The van der Waals surface area contributed by atoms with Crippen LogP contribution in [0.25, 0.3) is 0 Å². The summed E-state index contributed by atoms with van der Waals surface area (Å²) in [5.41, 5.74) is 1.94. The van der Waals surface area contributed by atoms with Crippen molar-refractivity contribution in [2.45, 2.75) is 19.8 Å². The van der Waals surface area contributed by atoms with E-state index in [0.717, 1.165) is 11.1 Å². The number of aliphatic carboxylic acids is 1. The number of nitrogens with zero attached hydrogens (tertiary/aromatic N) is 1. The molecule has 0 aliphatic carbocycles. The third kappa shape index (κ3) is 3.18. The van der Waals surface area contributed by atoms with E-state index in [4.69, 9.17) is 0 Å². The average Bonchev–Trinajstić information content (AvgIpc) is 3.00. The van der Waals surface area contributed by atoms with Crippen molar-refractivity contribution in [2.24, 2.45) is 5.41 Å². The molecule has 2 aromatic carbocycles. The van der Waals surface area contributed by atoms with Gasteiger partial charge in [-0.15, -0.1) is 0 Å². The molecule has 3 rings (SSSR count). The Kier molecular flexibility index (Phi) is 4.38. The third-order valence-electron chi connectivity index (χ3n) is 4.76. The van der Waals surface area contributed by atoms with Crippen molar-refractivity contribution in [3.63, 3.8) is 0 Å². The second-order valence-corrected chi connectivity index (χ2v) is 6.66. The second-order valence-electron chi connectivity index (χ2n) is 6.66. The van der Waals surface area contributed by atoms with E-state index in [1.165, 1.54) is 0 Å². The van der Waals surface area contributed by atoms with Crippen molar-refractivity contribution in [3.8, 4) is 0 Å². The number of benzene rings is 2. The summed E-state index contributed by atoms with van der Waals surface area (Å²) in [7, 11) is 0. The highest BCUT2D eigenvalue weighted by atomic mass is 16.4. The number of likely N-dealkylation sites (tertiary alicyclic amines) is 1. The Morgan fingerprint density at radius 1 is 1.08 bits per heavy atom.